The van der Waals surface area contributed by atoms with E-state index in [9.17, 15) is 14.3 Å². The van der Waals surface area contributed by atoms with Gasteiger partial charge in [-0.1, -0.05) is 18.2 Å². The Morgan fingerprint density at radius 3 is 2.53 bits per heavy atom. The Hall–Kier alpha value is -2.23. The molecule has 1 heterocycles. The molecule has 98 valence electrons. The second-order valence-corrected chi connectivity index (χ2v) is 4.68. The maximum atomic E-state index is 12.9. The normalized spacial score (nSPS) is 13.8. The zero-order chi connectivity index (χ0) is 13.9. The lowest BCUT2D eigenvalue weighted by molar-refractivity contribution is -0.143. The van der Waals surface area contributed by atoms with Crippen LogP contribution in [0.15, 0.2) is 48.8 Å². The Balaban J connectivity index is 2.38. The van der Waals surface area contributed by atoms with Crippen LogP contribution in [0.4, 0.5) is 4.39 Å². The maximum Gasteiger partial charge on any atom is 0.314 e. The minimum absolute atomic E-state index is 0.307. The maximum absolute atomic E-state index is 12.9. The van der Waals surface area contributed by atoms with Crippen LogP contribution >= 0.6 is 0 Å². The topological polar surface area (TPSA) is 50.2 Å². The van der Waals surface area contributed by atoms with Crippen molar-refractivity contribution in [1.82, 2.24) is 4.98 Å². The smallest absolute Gasteiger partial charge is 0.314 e. The minimum Gasteiger partial charge on any atom is -0.481 e. The van der Waals surface area contributed by atoms with Gasteiger partial charge in [0.25, 0.3) is 0 Å². The Labute approximate surface area is 110 Å². The summed E-state index contributed by atoms with van der Waals surface area (Å²) in [6.45, 7) is 1.63. The Morgan fingerprint density at radius 2 is 2.00 bits per heavy atom. The van der Waals surface area contributed by atoms with E-state index in [1.165, 1.54) is 24.3 Å². The third kappa shape index (κ3) is 2.78. The fourth-order valence-corrected chi connectivity index (χ4v) is 2.03. The molecule has 0 radical (unpaired) electrons. The lowest BCUT2D eigenvalue weighted by Gasteiger charge is -2.25. The van der Waals surface area contributed by atoms with Gasteiger partial charge in [0.1, 0.15) is 5.82 Å². The largest absolute Gasteiger partial charge is 0.481 e. The number of halogens is 1. The molecule has 1 atom stereocenters. The van der Waals surface area contributed by atoms with Gasteiger partial charge in [-0.3, -0.25) is 9.78 Å². The van der Waals surface area contributed by atoms with Gasteiger partial charge in [0.15, 0.2) is 0 Å². The molecule has 2 aromatic rings. The zero-order valence-electron chi connectivity index (χ0n) is 10.5. The number of nitrogens with zero attached hydrogens (tertiary/aromatic N) is 1. The second-order valence-electron chi connectivity index (χ2n) is 4.68. The summed E-state index contributed by atoms with van der Waals surface area (Å²) < 4.78 is 12.9. The van der Waals surface area contributed by atoms with Crippen molar-refractivity contribution in [2.75, 3.05) is 0 Å². The monoisotopic (exact) mass is 259 g/mol. The van der Waals surface area contributed by atoms with Crippen LogP contribution in [0.1, 0.15) is 18.1 Å². The number of carboxylic acid groups (broad SMARTS) is 1. The van der Waals surface area contributed by atoms with Crippen LogP contribution in [-0.2, 0) is 16.6 Å². The van der Waals surface area contributed by atoms with Gasteiger partial charge in [-0.25, -0.2) is 4.39 Å². The number of carbonyl (C=O) groups is 1. The molecule has 1 N–H and O–H groups in total. The summed E-state index contributed by atoms with van der Waals surface area (Å²) in [6.07, 6.45) is 3.59. The van der Waals surface area contributed by atoms with E-state index in [0.717, 1.165) is 5.56 Å². The number of pyridine rings is 1. The fourth-order valence-electron chi connectivity index (χ4n) is 2.03. The summed E-state index contributed by atoms with van der Waals surface area (Å²) in [7, 11) is 0. The molecule has 1 aromatic carbocycles. The quantitative estimate of drug-likeness (QED) is 0.918. The van der Waals surface area contributed by atoms with E-state index in [0.29, 0.717) is 12.0 Å². The highest BCUT2D eigenvalue weighted by molar-refractivity contribution is 5.81. The first-order valence-corrected chi connectivity index (χ1v) is 5.91. The number of aromatic nitrogens is 1. The highest BCUT2D eigenvalue weighted by Gasteiger charge is 2.35. The molecule has 0 aliphatic rings. The van der Waals surface area contributed by atoms with E-state index in [1.807, 2.05) is 6.07 Å². The van der Waals surface area contributed by atoms with Gasteiger partial charge in [0.05, 0.1) is 5.41 Å². The highest BCUT2D eigenvalue weighted by Crippen LogP contribution is 2.28. The van der Waals surface area contributed by atoms with Crippen molar-refractivity contribution in [3.8, 4) is 0 Å². The van der Waals surface area contributed by atoms with Crippen LogP contribution in [0.2, 0.25) is 0 Å². The van der Waals surface area contributed by atoms with Gasteiger partial charge in [0.2, 0.25) is 0 Å². The van der Waals surface area contributed by atoms with Crippen LogP contribution < -0.4 is 0 Å². The first-order valence-electron chi connectivity index (χ1n) is 5.91. The average molecular weight is 259 g/mol. The van der Waals surface area contributed by atoms with Gasteiger partial charge in [-0.15, -0.1) is 0 Å². The summed E-state index contributed by atoms with van der Waals surface area (Å²) in [5, 5.41) is 9.50. The van der Waals surface area contributed by atoms with E-state index in [4.69, 9.17) is 0 Å². The molecule has 0 bridgehead atoms. The molecule has 3 nitrogen and oxygen atoms in total. The molecule has 0 amide bonds. The van der Waals surface area contributed by atoms with Gasteiger partial charge >= 0.3 is 5.97 Å². The SMILES string of the molecule is CC(Cc1cccnc1)(C(=O)O)c1ccc(F)cc1. The average Bonchev–Trinajstić information content (AvgIpc) is 2.40. The van der Waals surface area contributed by atoms with Crippen molar-refractivity contribution in [2.24, 2.45) is 0 Å². The number of aliphatic carboxylic acids is 1. The number of hydrogen-bond acceptors (Lipinski definition) is 2. The minimum atomic E-state index is -1.10. The van der Waals surface area contributed by atoms with Crippen LogP contribution in [0.5, 0.6) is 0 Å². The van der Waals surface area contributed by atoms with Gasteiger partial charge in [-0.2, -0.15) is 0 Å². The van der Waals surface area contributed by atoms with Crippen molar-refractivity contribution in [2.45, 2.75) is 18.8 Å². The van der Waals surface area contributed by atoms with E-state index in [1.54, 1.807) is 25.4 Å². The van der Waals surface area contributed by atoms with Gasteiger partial charge in [0, 0.05) is 12.4 Å². The highest BCUT2D eigenvalue weighted by atomic mass is 19.1. The summed E-state index contributed by atoms with van der Waals surface area (Å²) in [5.74, 6) is -1.32. The second kappa shape index (κ2) is 5.18. The fraction of sp³-hybridized carbons (Fsp3) is 0.200. The summed E-state index contributed by atoms with van der Waals surface area (Å²) in [5.41, 5.74) is 0.304. The third-order valence-electron chi connectivity index (χ3n) is 3.23. The lowest BCUT2D eigenvalue weighted by Crippen LogP contribution is -2.34. The van der Waals surface area contributed by atoms with Gasteiger partial charge < -0.3 is 5.11 Å². The molecule has 1 unspecified atom stereocenters. The van der Waals surface area contributed by atoms with Crippen LogP contribution in [0, 0.1) is 5.82 Å². The summed E-state index contributed by atoms with van der Waals surface area (Å²) in [4.78, 5) is 15.6. The van der Waals surface area contributed by atoms with E-state index in [-0.39, 0.29) is 5.82 Å². The predicted octanol–water partition coefficient (Wildman–Crippen LogP) is 2.81. The third-order valence-corrected chi connectivity index (χ3v) is 3.23. The van der Waals surface area contributed by atoms with Crippen molar-refractivity contribution < 1.29 is 14.3 Å². The summed E-state index contributed by atoms with van der Waals surface area (Å²) >= 11 is 0. The van der Waals surface area contributed by atoms with Crippen LogP contribution in [0.25, 0.3) is 0 Å². The van der Waals surface area contributed by atoms with Crippen LogP contribution in [0.3, 0.4) is 0 Å². The molecule has 0 aliphatic heterocycles. The first-order chi connectivity index (χ1) is 9.02. The molecule has 19 heavy (non-hydrogen) atoms. The summed E-state index contributed by atoms with van der Waals surface area (Å²) in [6, 6.07) is 9.18. The number of rotatable bonds is 4. The van der Waals surface area contributed by atoms with E-state index >= 15 is 0 Å². The number of carboxylic acids is 1. The number of hydrogen-bond donors (Lipinski definition) is 1. The molecule has 1 aromatic heterocycles. The van der Waals surface area contributed by atoms with Crippen molar-refractivity contribution in [1.29, 1.82) is 0 Å². The molecule has 0 saturated carbocycles. The van der Waals surface area contributed by atoms with Crippen molar-refractivity contribution >= 4 is 5.97 Å². The number of benzene rings is 1. The Morgan fingerprint density at radius 1 is 1.32 bits per heavy atom. The Kier molecular flexibility index (Phi) is 3.60. The zero-order valence-corrected chi connectivity index (χ0v) is 10.5. The molecule has 0 saturated heterocycles. The van der Waals surface area contributed by atoms with Crippen molar-refractivity contribution in [3.05, 3.63) is 65.7 Å². The lowest BCUT2D eigenvalue weighted by atomic mass is 9.77. The van der Waals surface area contributed by atoms with Gasteiger partial charge in [-0.05, 0) is 42.7 Å². The van der Waals surface area contributed by atoms with E-state index in [2.05, 4.69) is 4.98 Å². The predicted molar refractivity (Wildman–Crippen MR) is 69.3 cm³/mol. The molecule has 0 spiro atoms. The van der Waals surface area contributed by atoms with Crippen LogP contribution in [-0.4, -0.2) is 16.1 Å². The molecule has 0 fully saturated rings. The molecule has 4 heteroatoms. The first kappa shape index (κ1) is 13.2. The molecular formula is C15H14FNO2. The molecular weight excluding hydrogens is 245 g/mol. The Bertz CT molecular complexity index is 568. The standard InChI is InChI=1S/C15H14FNO2/c1-15(14(18)19,9-11-3-2-8-17-10-11)12-4-6-13(16)7-5-12/h2-8,10H,9H2,1H3,(H,18,19). The molecule has 2 rings (SSSR count). The van der Waals surface area contributed by atoms with E-state index < -0.39 is 11.4 Å². The van der Waals surface area contributed by atoms with Crippen molar-refractivity contribution in [3.63, 3.8) is 0 Å². The molecule has 0 aliphatic carbocycles.